The highest BCUT2D eigenvalue weighted by molar-refractivity contribution is 7.99. The first-order valence-electron chi connectivity index (χ1n) is 5.16. The van der Waals surface area contributed by atoms with E-state index in [2.05, 4.69) is 16.9 Å². The Balaban J connectivity index is 2.67. The van der Waals surface area contributed by atoms with Gasteiger partial charge < -0.3 is 5.32 Å². The SMILES string of the molecule is C=CCSCCNc1ncc(C#N)cc1[N+](=O)[O-]. The lowest BCUT2D eigenvalue weighted by molar-refractivity contribution is -0.384. The van der Waals surface area contributed by atoms with Crippen LogP contribution in [0.25, 0.3) is 0 Å². The van der Waals surface area contributed by atoms with Gasteiger partial charge in [-0.25, -0.2) is 4.98 Å². The summed E-state index contributed by atoms with van der Waals surface area (Å²) in [6.07, 6.45) is 3.11. The molecule has 0 aliphatic heterocycles. The Bertz CT molecular complexity index is 484. The summed E-state index contributed by atoms with van der Waals surface area (Å²) in [5, 5.41) is 22.4. The van der Waals surface area contributed by atoms with Crippen molar-refractivity contribution >= 4 is 23.3 Å². The average Bonchev–Trinajstić information content (AvgIpc) is 2.38. The second-order valence-corrected chi connectivity index (χ2v) is 4.40. The first-order valence-corrected chi connectivity index (χ1v) is 6.31. The van der Waals surface area contributed by atoms with Gasteiger partial charge in [-0.2, -0.15) is 17.0 Å². The van der Waals surface area contributed by atoms with Gasteiger partial charge in [0.15, 0.2) is 0 Å². The Morgan fingerprint density at radius 2 is 2.50 bits per heavy atom. The van der Waals surface area contributed by atoms with E-state index in [-0.39, 0.29) is 17.1 Å². The molecule has 0 saturated heterocycles. The molecular weight excluding hydrogens is 252 g/mol. The van der Waals surface area contributed by atoms with Crippen molar-refractivity contribution in [2.24, 2.45) is 0 Å². The number of hydrogen-bond donors (Lipinski definition) is 1. The van der Waals surface area contributed by atoms with Crippen LogP contribution in [0.15, 0.2) is 24.9 Å². The first kappa shape index (κ1) is 14.0. The van der Waals surface area contributed by atoms with Crippen LogP contribution in [0.2, 0.25) is 0 Å². The van der Waals surface area contributed by atoms with Gasteiger partial charge in [0, 0.05) is 30.3 Å². The third-order valence-corrected chi connectivity index (χ3v) is 2.93. The van der Waals surface area contributed by atoms with Gasteiger partial charge in [0.05, 0.1) is 10.5 Å². The molecule has 1 aromatic rings. The number of pyridine rings is 1. The summed E-state index contributed by atoms with van der Waals surface area (Å²) < 4.78 is 0. The average molecular weight is 264 g/mol. The van der Waals surface area contributed by atoms with Gasteiger partial charge in [-0.15, -0.1) is 6.58 Å². The summed E-state index contributed by atoms with van der Waals surface area (Å²) in [6.45, 7) is 4.17. The second-order valence-electron chi connectivity index (χ2n) is 3.25. The fourth-order valence-corrected chi connectivity index (χ4v) is 1.78. The molecule has 0 fully saturated rings. The molecule has 1 aromatic heterocycles. The fraction of sp³-hybridized carbons (Fsp3) is 0.273. The van der Waals surface area contributed by atoms with E-state index in [9.17, 15) is 10.1 Å². The highest BCUT2D eigenvalue weighted by Crippen LogP contribution is 2.22. The van der Waals surface area contributed by atoms with E-state index in [0.29, 0.717) is 6.54 Å². The van der Waals surface area contributed by atoms with Gasteiger partial charge in [0.2, 0.25) is 5.82 Å². The number of hydrogen-bond acceptors (Lipinski definition) is 6. The zero-order valence-electron chi connectivity index (χ0n) is 9.63. The van der Waals surface area contributed by atoms with Gasteiger partial charge in [-0.05, 0) is 0 Å². The fourth-order valence-electron chi connectivity index (χ4n) is 1.20. The number of nitro groups is 1. The van der Waals surface area contributed by atoms with Crippen LogP contribution in [0.5, 0.6) is 0 Å². The van der Waals surface area contributed by atoms with E-state index in [1.807, 2.05) is 6.07 Å². The maximum atomic E-state index is 10.8. The summed E-state index contributed by atoms with van der Waals surface area (Å²) in [6, 6.07) is 3.04. The molecule has 1 N–H and O–H groups in total. The van der Waals surface area contributed by atoms with E-state index in [1.165, 1.54) is 12.3 Å². The lowest BCUT2D eigenvalue weighted by Gasteiger charge is -2.05. The third kappa shape index (κ3) is 4.07. The number of nitrogens with zero attached hydrogens (tertiary/aromatic N) is 3. The number of aromatic nitrogens is 1. The third-order valence-electron chi connectivity index (χ3n) is 1.97. The standard InChI is InChI=1S/C11H12N4O2S/c1-2-4-18-5-3-13-11-10(15(16)17)6-9(7-12)8-14-11/h2,6,8H,1,3-5H2,(H,13,14). The highest BCUT2D eigenvalue weighted by atomic mass is 32.2. The predicted octanol–water partition coefficient (Wildman–Crippen LogP) is 2.19. The molecular formula is C11H12N4O2S. The first-order chi connectivity index (χ1) is 8.69. The van der Waals surface area contributed by atoms with Crippen molar-refractivity contribution < 1.29 is 4.92 Å². The van der Waals surface area contributed by atoms with Crippen molar-refractivity contribution in [3.8, 4) is 6.07 Å². The summed E-state index contributed by atoms with van der Waals surface area (Å²) in [4.78, 5) is 14.2. The molecule has 0 aromatic carbocycles. The Kier molecular flexibility index (Phi) is 5.67. The monoisotopic (exact) mass is 264 g/mol. The number of anilines is 1. The molecule has 0 aliphatic rings. The molecule has 0 radical (unpaired) electrons. The summed E-state index contributed by atoms with van der Waals surface area (Å²) in [5.41, 5.74) is -0.00365. The minimum Gasteiger partial charge on any atom is -0.364 e. The number of nitriles is 1. The molecule has 18 heavy (non-hydrogen) atoms. The minimum atomic E-state index is -0.549. The topological polar surface area (TPSA) is 91.8 Å². The van der Waals surface area contributed by atoms with E-state index < -0.39 is 4.92 Å². The van der Waals surface area contributed by atoms with Crippen molar-refractivity contribution in [2.75, 3.05) is 23.4 Å². The van der Waals surface area contributed by atoms with Crippen molar-refractivity contribution in [1.82, 2.24) is 4.98 Å². The second kappa shape index (κ2) is 7.29. The maximum absolute atomic E-state index is 10.8. The van der Waals surface area contributed by atoms with Crippen LogP contribution in [0.3, 0.4) is 0 Å². The van der Waals surface area contributed by atoms with Crippen LogP contribution >= 0.6 is 11.8 Å². The molecule has 0 atom stereocenters. The van der Waals surface area contributed by atoms with Crippen LogP contribution in [0.1, 0.15) is 5.56 Å². The quantitative estimate of drug-likeness (QED) is 0.351. The predicted molar refractivity (Wildman–Crippen MR) is 71.6 cm³/mol. The molecule has 7 heteroatoms. The summed E-state index contributed by atoms with van der Waals surface area (Å²) >= 11 is 1.66. The largest absolute Gasteiger partial charge is 0.364 e. The highest BCUT2D eigenvalue weighted by Gasteiger charge is 2.15. The van der Waals surface area contributed by atoms with E-state index in [4.69, 9.17) is 5.26 Å². The molecule has 0 aliphatic carbocycles. The molecule has 94 valence electrons. The Hall–Kier alpha value is -2.07. The van der Waals surface area contributed by atoms with Gasteiger partial charge in [-0.1, -0.05) is 6.08 Å². The minimum absolute atomic E-state index is 0.174. The van der Waals surface area contributed by atoms with Crippen molar-refractivity contribution in [3.63, 3.8) is 0 Å². The number of rotatable bonds is 7. The molecule has 6 nitrogen and oxygen atoms in total. The summed E-state index contributed by atoms with van der Waals surface area (Å²) in [7, 11) is 0. The molecule has 0 saturated carbocycles. The smallest absolute Gasteiger partial charge is 0.312 e. The molecule has 0 unspecified atom stereocenters. The van der Waals surface area contributed by atoms with Crippen LogP contribution in [-0.2, 0) is 0 Å². The molecule has 1 rings (SSSR count). The van der Waals surface area contributed by atoms with Gasteiger partial charge in [0.25, 0.3) is 0 Å². The van der Waals surface area contributed by atoms with Gasteiger partial charge in [-0.3, -0.25) is 10.1 Å². The molecule has 0 bridgehead atoms. The van der Waals surface area contributed by atoms with Crippen molar-refractivity contribution in [3.05, 3.63) is 40.6 Å². The summed E-state index contributed by atoms with van der Waals surface area (Å²) in [5.74, 6) is 1.83. The Labute approximate surface area is 109 Å². The Morgan fingerprint density at radius 1 is 1.72 bits per heavy atom. The van der Waals surface area contributed by atoms with E-state index in [1.54, 1.807) is 17.8 Å². The van der Waals surface area contributed by atoms with Crippen LogP contribution in [-0.4, -0.2) is 28.0 Å². The van der Waals surface area contributed by atoms with Gasteiger partial charge >= 0.3 is 5.69 Å². The van der Waals surface area contributed by atoms with E-state index >= 15 is 0 Å². The zero-order valence-corrected chi connectivity index (χ0v) is 10.4. The number of nitrogens with one attached hydrogen (secondary N) is 1. The van der Waals surface area contributed by atoms with Crippen LogP contribution in [0.4, 0.5) is 11.5 Å². The molecule has 0 spiro atoms. The molecule has 0 amide bonds. The maximum Gasteiger partial charge on any atom is 0.312 e. The lowest BCUT2D eigenvalue weighted by atomic mass is 10.3. The molecule has 1 heterocycles. The Morgan fingerprint density at radius 3 is 3.11 bits per heavy atom. The van der Waals surface area contributed by atoms with Crippen molar-refractivity contribution in [1.29, 1.82) is 5.26 Å². The van der Waals surface area contributed by atoms with Crippen LogP contribution in [0, 0.1) is 21.4 Å². The number of thioether (sulfide) groups is 1. The van der Waals surface area contributed by atoms with E-state index in [0.717, 1.165) is 11.5 Å². The normalized spacial score (nSPS) is 9.50. The van der Waals surface area contributed by atoms with Crippen LogP contribution < -0.4 is 5.32 Å². The zero-order chi connectivity index (χ0) is 13.4. The van der Waals surface area contributed by atoms with Crippen molar-refractivity contribution in [2.45, 2.75) is 0 Å². The van der Waals surface area contributed by atoms with Gasteiger partial charge in [0.1, 0.15) is 6.07 Å². The lowest BCUT2D eigenvalue weighted by Crippen LogP contribution is -2.08.